The van der Waals surface area contributed by atoms with Gasteiger partial charge in [-0.1, -0.05) is 29.3 Å². The molecular formula is C22H26Cl2N4O4. The number of hydrogen-bond donors (Lipinski definition) is 2. The maximum Gasteiger partial charge on any atom is 0.404 e. The van der Waals surface area contributed by atoms with Gasteiger partial charge in [-0.25, -0.2) is 9.78 Å². The van der Waals surface area contributed by atoms with Crippen LogP contribution in [0.25, 0.3) is 5.69 Å². The van der Waals surface area contributed by atoms with Crippen LogP contribution in [0.2, 0.25) is 10.0 Å². The lowest BCUT2D eigenvalue weighted by molar-refractivity contribution is 0.0970. The van der Waals surface area contributed by atoms with Crippen LogP contribution < -0.4 is 15.8 Å². The number of carboxylic acid groups (broad SMARTS) is 1. The fourth-order valence-corrected chi connectivity index (χ4v) is 5.34. The first-order chi connectivity index (χ1) is 15.1. The summed E-state index contributed by atoms with van der Waals surface area (Å²) in [6, 6.07) is 4.90. The van der Waals surface area contributed by atoms with Gasteiger partial charge in [-0.2, -0.15) is 0 Å². The minimum absolute atomic E-state index is 0.175. The van der Waals surface area contributed by atoms with Crippen molar-refractivity contribution in [1.82, 2.24) is 14.9 Å². The number of benzene rings is 1. The first kappa shape index (κ1) is 22.9. The predicted molar refractivity (Wildman–Crippen MR) is 124 cm³/mol. The highest BCUT2D eigenvalue weighted by Crippen LogP contribution is 2.43. The zero-order valence-electron chi connectivity index (χ0n) is 18.2. The first-order valence-corrected chi connectivity index (χ1v) is 11.3. The second-order valence-corrected chi connectivity index (χ2v) is 9.40. The highest BCUT2D eigenvalue weighted by atomic mass is 35.5. The molecule has 2 fully saturated rings. The van der Waals surface area contributed by atoms with Gasteiger partial charge in [0.05, 0.1) is 40.0 Å². The molecule has 2 N–H and O–H groups in total. The normalized spacial score (nSPS) is 22.3. The summed E-state index contributed by atoms with van der Waals surface area (Å²) in [7, 11) is 0. The molecule has 1 aromatic heterocycles. The van der Waals surface area contributed by atoms with Crippen LogP contribution >= 0.6 is 23.2 Å². The minimum Gasteiger partial charge on any atom is -0.465 e. The lowest BCUT2D eigenvalue weighted by atomic mass is 9.73. The fraction of sp³-hybridized carbons (Fsp3) is 0.500. The van der Waals surface area contributed by atoms with Crippen LogP contribution in [0.4, 0.5) is 10.6 Å². The largest absolute Gasteiger partial charge is 0.465 e. The van der Waals surface area contributed by atoms with Crippen molar-refractivity contribution in [1.29, 1.82) is 0 Å². The average Bonchev–Trinajstić information content (AvgIpc) is 3.04. The van der Waals surface area contributed by atoms with Crippen molar-refractivity contribution in [2.24, 2.45) is 5.41 Å². The van der Waals surface area contributed by atoms with Gasteiger partial charge in [0.25, 0.3) is 5.56 Å². The Morgan fingerprint density at radius 1 is 1.28 bits per heavy atom. The molecule has 0 aliphatic carbocycles. The number of halogens is 2. The number of aromatic nitrogens is 2. The van der Waals surface area contributed by atoms with E-state index in [2.05, 4.69) is 10.2 Å². The number of nitrogens with one attached hydrogen (secondary N) is 1. The van der Waals surface area contributed by atoms with E-state index in [9.17, 15) is 14.7 Å². The van der Waals surface area contributed by atoms with Crippen LogP contribution in [0.1, 0.15) is 31.2 Å². The monoisotopic (exact) mass is 480 g/mol. The van der Waals surface area contributed by atoms with E-state index in [4.69, 9.17) is 32.9 Å². The third kappa shape index (κ3) is 3.84. The molecule has 3 heterocycles. The second-order valence-electron chi connectivity index (χ2n) is 8.61. The molecule has 2 aliphatic heterocycles. The molecule has 10 heteroatoms. The van der Waals surface area contributed by atoms with Crippen molar-refractivity contribution >= 4 is 35.1 Å². The van der Waals surface area contributed by atoms with Crippen molar-refractivity contribution in [3.63, 3.8) is 0 Å². The summed E-state index contributed by atoms with van der Waals surface area (Å²) in [5.74, 6) is 1.16. The van der Waals surface area contributed by atoms with E-state index in [1.807, 2.05) is 6.92 Å². The van der Waals surface area contributed by atoms with Gasteiger partial charge in [0.2, 0.25) is 0 Å². The Balaban J connectivity index is 1.62. The maximum atomic E-state index is 13.3. The van der Waals surface area contributed by atoms with Crippen LogP contribution in [-0.4, -0.2) is 52.6 Å². The van der Waals surface area contributed by atoms with Gasteiger partial charge in [0.15, 0.2) is 0 Å². The van der Waals surface area contributed by atoms with Gasteiger partial charge in [-0.3, -0.25) is 9.36 Å². The number of nitrogens with zero attached hydrogens (tertiary/aromatic N) is 3. The molecule has 0 radical (unpaired) electrons. The SMILES string of the molecule is Cc1c(N2CCC3(CC2)CO[C@@H](C)[C@H]3NC(=O)O)nc(C)n(-c2cccc(Cl)c2Cl)c1=O. The summed E-state index contributed by atoms with van der Waals surface area (Å²) in [5.41, 5.74) is 0.584. The highest BCUT2D eigenvalue weighted by molar-refractivity contribution is 6.43. The van der Waals surface area contributed by atoms with Crippen LogP contribution in [0.15, 0.2) is 23.0 Å². The summed E-state index contributed by atoms with van der Waals surface area (Å²) in [6.45, 7) is 7.26. The van der Waals surface area contributed by atoms with Gasteiger partial charge < -0.3 is 20.1 Å². The Hall–Kier alpha value is -2.29. The van der Waals surface area contributed by atoms with Crippen molar-refractivity contribution in [3.05, 3.63) is 50.0 Å². The van der Waals surface area contributed by atoms with Crippen molar-refractivity contribution in [3.8, 4) is 5.69 Å². The summed E-state index contributed by atoms with van der Waals surface area (Å²) in [6.07, 6.45) is 0.272. The smallest absolute Gasteiger partial charge is 0.404 e. The fourth-order valence-electron chi connectivity index (χ4n) is 4.96. The molecule has 172 valence electrons. The maximum absolute atomic E-state index is 13.3. The zero-order valence-corrected chi connectivity index (χ0v) is 19.7. The standard InChI is InChI=1S/C22H26Cl2N4O4/c1-12-19(25-14(3)28(20(12)29)16-6-4-5-15(23)17(16)24)27-9-7-22(8-10-27)11-32-13(2)18(22)26-21(30)31/h4-6,13,18,26H,7-11H2,1-3H3,(H,30,31)/t13-,18+/m0/s1. The number of piperidine rings is 1. The molecule has 8 nitrogen and oxygen atoms in total. The molecular weight excluding hydrogens is 455 g/mol. The third-order valence-corrected chi connectivity index (χ3v) is 7.53. The van der Waals surface area contributed by atoms with E-state index >= 15 is 0 Å². The Labute approximate surface area is 196 Å². The van der Waals surface area contributed by atoms with E-state index in [1.54, 1.807) is 32.0 Å². The van der Waals surface area contributed by atoms with E-state index in [-0.39, 0.29) is 23.1 Å². The summed E-state index contributed by atoms with van der Waals surface area (Å²) in [4.78, 5) is 31.4. The summed E-state index contributed by atoms with van der Waals surface area (Å²) < 4.78 is 7.30. The van der Waals surface area contributed by atoms with E-state index in [1.165, 1.54) is 4.57 Å². The van der Waals surface area contributed by atoms with E-state index in [0.29, 0.717) is 52.6 Å². The average molecular weight is 481 g/mol. The molecule has 0 bridgehead atoms. The van der Waals surface area contributed by atoms with Crippen LogP contribution in [-0.2, 0) is 4.74 Å². The lowest BCUT2D eigenvalue weighted by Crippen LogP contribution is -2.54. The molecule has 0 saturated carbocycles. The van der Waals surface area contributed by atoms with Gasteiger partial charge >= 0.3 is 6.09 Å². The topological polar surface area (TPSA) is 96.7 Å². The van der Waals surface area contributed by atoms with Gasteiger partial charge in [0, 0.05) is 18.5 Å². The van der Waals surface area contributed by atoms with Crippen molar-refractivity contribution in [2.75, 3.05) is 24.6 Å². The number of amides is 1. The number of carbonyl (C=O) groups is 1. The number of rotatable bonds is 3. The molecule has 2 atom stereocenters. The summed E-state index contributed by atoms with van der Waals surface area (Å²) >= 11 is 12.5. The predicted octanol–water partition coefficient (Wildman–Crippen LogP) is 3.80. The van der Waals surface area contributed by atoms with Crippen LogP contribution in [0, 0.1) is 19.3 Å². The van der Waals surface area contributed by atoms with Crippen LogP contribution in [0.3, 0.4) is 0 Å². The zero-order chi connectivity index (χ0) is 23.2. The van der Waals surface area contributed by atoms with Gasteiger partial charge in [0.1, 0.15) is 11.6 Å². The number of aryl methyl sites for hydroxylation is 1. The first-order valence-electron chi connectivity index (χ1n) is 10.6. The molecule has 0 unspecified atom stereocenters. The number of anilines is 1. The molecule has 4 rings (SSSR count). The Morgan fingerprint density at radius 2 is 1.97 bits per heavy atom. The molecule has 1 spiro atoms. The minimum atomic E-state index is -1.04. The summed E-state index contributed by atoms with van der Waals surface area (Å²) in [5, 5.41) is 12.6. The Bertz CT molecular complexity index is 1110. The van der Waals surface area contributed by atoms with E-state index in [0.717, 1.165) is 12.8 Å². The van der Waals surface area contributed by atoms with Gasteiger partial charge in [-0.05, 0) is 45.7 Å². The molecule has 1 amide bonds. The molecule has 2 aliphatic rings. The Morgan fingerprint density at radius 3 is 2.62 bits per heavy atom. The van der Waals surface area contributed by atoms with Crippen LogP contribution in [0.5, 0.6) is 0 Å². The molecule has 1 aromatic carbocycles. The molecule has 2 saturated heterocycles. The van der Waals surface area contributed by atoms with Gasteiger partial charge in [-0.15, -0.1) is 0 Å². The number of hydrogen-bond acceptors (Lipinski definition) is 5. The van der Waals surface area contributed by atoms with E-state index < -0.39 is 6.09 Å². The second kappa shape index (κ2) is 8.57. The Kier molecular flexibility index (Phi) is 6.13. The number of ether oxygens (including phenoxy) is 1. The quantitative estimate of drug-likeness (QED) is 0.693. The van der Waals surface area contributed by atoms with Crippen molar-refractivity contribution in [2.45, 2.75) is 45.8 Å². The third-order valence-electron chi connectivity index (χ3n) is 6.72. The molecule has 2 aromatic rings. The lowest BCUT2D eigenvalue weighted by Gasteiger charge is -2.43. The molecule has 32 heavy (non-hydrogen) atoms. The highest BCUT2D eigenvalue weighted by Gasteiger charge is 2.50. The van der Waals surface area contributed by atoms with Crippen molar-refractivity contribution < 1.29 is 14.6 Å².